The van der Waals surface area contributed by atoms with Gasteiger partial charge in [-0.15, -0.1) is 0 Å². The molecule has 4 nitrogen and oxygen atoms in total. The molecule has 0 N–H and O–H groups in total. The van der Waals surface area contributed by atoms with Crippen molar-refractivity contribution in [3.63, 3.8) is 0 Å². The van der Waals surface area contributed by atoms with Crippen LogP contribution in [-0.4, -0.2) is 10.5 Å². The highest BCUT2D eigenvalue weighted by atomic mass is 16.5. The van der Waals surface area contributed by atoms with Crippen LogP contribution in [0.5, 0.6) is 5.75 Å². The monoisotopic (exact) mass is 243 g/mol. The van der Waals surface area contributed by atoms with Crippen molar-refractivity contribution < 1.29 is 9.53 Å². The number of hydrogen-bond acceptors (Lipinski definition) is 3. The molecule has 1 heterocycles. The standard InChI is InChI=1S/C14H13NO3/c1-10-8-13(18-11(2)16)9-14(17)15(10)12-6-4-3-5-7-12/h3-9H,1-2H3. The van der Waals surface area contributed by atoms with Gasteiger partial charge in [0.15, 0.2) is 0 Å². The Balaban J connectivity index is 2.52. The van der Waals surface area contributed by atoms with E-state index < -0.39 is 5.97 Å². The van der Waals surface area contributed by atoms with Crippen LogP contribution in [-0.2, 0) is 4.79 Å². The molecular formula is C14H13NO3. The molecule has 92 valence electrons. The van der Waals surface area contributed by atoms with Crippen molar-refractivity contribution >= 4 is 5.97 Å². The zero-order chi connectivity index (χ0) is 13.1. The Morgan fingerprint density at radius 1 is 1.17 bits per heavy atom. The van der Waals surface area contributed by atoms with Crippen LogP contribution in [0.25, 0.3) is 5.69 Å². The first kappa shape index (κ1) is 12.1. The molecule has 2 aromatic rings. The fraction of sp³-hybridized carbons (Fsp3) is 0.143. The van der Waals surface area contributed by atoms with Gasteiger partial charge in [-0.2, -0.15) is 0 Å². The maximum absolute atomic E-state index is 12.0. The van der Waals surface area contributed by atoms with Crippen molar-refractivity contribution in [3.05, 3.63) is 58.5 Å². The van der Waals surface area contributed by atoms with Gasteiger partial charge in [-0.05, 0) is 19.1 Å². The molecule has 0 aliphatic carbocycles. The Labute approximate surface area is 104 Å². The lowest BCUT2D eigenvalue weighted by atomic mass is 10.2. The minimum Gasteiger partial charge on any atom is -0.426 e. The number of para-hydroxylation sites is 1. The molecule has 0 spiro atoms. The van der Waals surface area contributed by atoms with Gasteiger partial charge in [0.05, 0.1) is 0 Å². The Morgan fingerprint density at radius 2 is 1.83 bits per heavy atom. The highest BCUT2D eigenvalue weighted by Crippen LogP contribution is 2.14. The number of hydrogen-bond donors (Lipinski definition) is 0. The number of nitrogens with zero attached hydrogens (tertiary/aromatic N) is 1. The van der Waals surface area contributed by atoms with Gasteiger partial charge >= 0.3 is 5.97 Å². The second-order valence-corrected chi connectivity index (χ2v) is 3.94. The fourth-order valence-corrected chi connectivity index (χ4v) is 1.80. The average Bonchev–Trinajstić information content (AvgIpc) is 2.28. The van der Waals surface area contributed by atoms with Crippen LogP contribution in [0, 0.1) is 6.92 Å². The van der Waals surface area contributed by atoms with Crippen molar-refractivity contribution in [2.24, 2.45) is 0 Å². The Hall–Kier alpha value is -2.36. The van der Waals surface area contributed by atoms with Gasteiger partial charge in [0.25, 0.3) is 5.56 Å². The predicted molar refractivity (Wildman–Crippen MR) is 68.1 cm³/mol. The van der Waals surface area contributed by atoms with Crippen molar-refractivity contribution in [1.82, 2.24) is 4.57 Å². The summed E-state index contributed by atoms with van der Waals surface area (Å²) in [6.07, 6.45) is 0. The molecule has 0 saturated carbocycles. The number of carbonyl (C=O) groups excluding carboxylic acids is 1. The number of rotatable bonds is 2. The van der Waals surface area contributed by atoms with E-state index in [1.54, 1.807) is 17.6 Å². The Kier molecular flexibility index (Phi) is 3.28. The number of aromatic nitrogens is 1. The molecule has 1 aromatic carbocycles. The van der Waals surface area contributed by atoms with Gasteiger partial charge in [0.1, 0.15) is 5.75 Å². The van der Waals surface area contributed by atoms with Crippen molar-refractivity contribution in [1.29, 1.82) is 0 Å². The van der Waals surface area contributed by atoms with Gasteiger partial charge in [-0.25, -0.2) is 0 Å². The summed E-state index contributed by atoms with van der Waals surface area (Å²) in [7, 11) is 0. The molecule has 0 fully saturated rings. The van der Waals surface area contributed by atoms with E-state index in [0.717, 1.165) is 5.69 Å². The topological polar surface area (TPSA) is 48.3 Å². The van der Waals surface area contributed by atoms with E-state index in [9.17, 15) is 9.59 Å². The van der Waals surface area contributed by atoms with Crippen molar-refractivity contribution in [2.75, 3.05) is 0 Å². The predicted octanol–water partition coefficient (Wildman–Crippen LogP) is 2.07. The van der Waals surface area contributed by atoms with Gasteiger partial charge < -0.3 is 4.74 Å². The minimum atomic E-state index is -0.439. The zero-order valence-electron chi connectivity index (χ0n) is 10.2. The molecule has 0 aliphatic heterocycles. The molecule has 0 amide bonds. The van der Waals surface area contributed by atoms with Crippen LogP contribution in [0.4, 0.5) is 0 Å². The molecule has 0 aliphatic rings. The minimum absolute atomic E-state index is 0.225. The number of benzene rings is 1. The lowest BCUT2D eigenvalue weighted by Gasteiger charge is -2.11. The molecule has 0 atom stereocenters. The number of pyridine rings is 1. The number of aryl methyl sites for hydroxylation is 1. The molecule has 0 bridgehead atoms. The van der Waals surface area contributed by atoms with E-state index in [2.05, 4.69) is 0 Å². The first-order valence-corrected chi connectivity index (χ1v) is 5.55. The third kappa shape index (κ3) is 2.48. The van der Waals surface area contributed by atoms with E-state index in [1.807, 2.05) is 30.3 Å². The summed E-state index contributed by atoms with van der Waals surface area (Å²) < 4.78 is 6.48. The molecule has 1 aromatic heterocycles. The summed E-state index contributed by atoms with van der Waals surface area (Å²) in [5, 5.41) is 0. The summed E-state index contributed by atoms with van der Waals surface area (Å²) >= 11 is 0. The summed E-state index contributed by atoms with van der Waals surface area (Å²) in [4.78, 5) is 22.9. The van der Waals surface area contributed by atoms with Crippen molar-refractivity contribution in [2.45, 2.75) is 13.8 Å². The molecule has 18 heavy (non-hydrogen) atoms. The van der Waals surface area contributed by atoms with Crippen molar-refractivity contribution in [3.8, 4) is 11.4 Å². The van der Waals surface area contributed by atoms with Gasteiger partial charge in [0.2, 0.25) is 0 Å². The highest BCUT2D eigenvalue weighted by Gasteiger charge is 2.07. The number of ether oxygens (including phenoxy) is 1. The average molecular weight is 243 g/mol. The van der Waals surface area contributed by atoms with Crippen LogP contribution in [0.1, 0.15) is 12.6 Å². The van der Waals surface area contributed by atoms with E-state index in [0.29, 0.717) is 5.69 Å². The smallest absolute Gasteiger partial charge is 0.308 e. The zero-order valence-corrected chi connectivity index (χ0v) is 10.2. The number of esters is 1. The van der Waals surface area contributed by atoms with Gasteiger partial charge in [-0.3, -0.25) is 14.2 Å². The fourth-order valence-electron chi connectivity index (χ4n) is 1.80. The first-order valence-electron chi connectivity index (χ1n) is 5.55. The first-order chi connectivity index (χ1) is 8.58. The maximum atomic E-state index is 12.0. The van der Waals surface area contributed by atoms with Crippen LogP contribution < -0.4 is 10.3 Å². The quantitative estimate of drug-likeness (QED) is 0.759. The molecule has 0 radical (unpaired) electrons. The third-order valence-electron chi connectivity index (χ3n) is 2.47. The second-order valence-electron chi connectivity index (χ2n) is 3.94. The summed E-state index contributed by atoms with van der Waals surface area (Å²) in [5.41, 5.74) is 1.27. The summed E-state index contributed by atoms with van der Waals surface area (Å²) in [6.45, 7) is 3.10. The van der Waals surface area contributed by atoms with E-state index in [4.69, 9.17) is 4.74 Å². The van der Waals surface area contributed by atoms with Crippen LogP contribution >= 0.6 is 0 Å². The molecular weight excluding hydrogens is 230 g/mol. The summed E-state index contributed by atoms with van der Waals surface area (Å²) in [5.74, 6) is -0.163. The highest BCUT2D eigenvalue weighted by molar-refractivity contribution is 5.69. The Bertz CT molecular complexity index is 629. The maximum Gasteiger partial charge on any atom is 0.308 e. The lowest BCUT2D eigenvalue weighted by molar-refractivity contribution is -0.131. The van der Waals surface area contributed by atoms with Gasteiger partial charge in [0, 0.05) is 30.4 Å². The molecule has 0 saturated heterocycles. The number of carbonyl (C=O) groups is 1. The van der Waals surface area contributed by atoms with E-state index >= 15 is 0 Å². The van der Waals surface area contributed by atoms with Gasteiger partial charge in [-0.1, -0.05) is 18.2 Å². The molecule has 0 unspecified atom stereocenters. The van der Waals surface area contributed by atoms with Crippen LogP contribution in [0.15, 0.2) is 47.3 Å². The normalized spacial score (nSPS) is 10.1. The Morgan fingerprint density at radius 3 is 2.39 bits per heavy atom. The van der Waals surface area contributed by atoms with E-state index in [-0.39, 0.29) is 11.3 Å². The molecule has 2 rings (SSSR count). The largest absolute Gasteiger partial charge is 0.426 e. The summed E-state index contributed by atoms with van der Waals surface area (Å²) in [6, 6.07) is 12.3. The van der Waals surface area contributed by atoms with Crippen LogP contribution in [0.2, 0.25) is 0 Å². The SMILES string of the molecule is CC(=O)Oc1cc(C)n(-c2ccccc2)c(=O)c1. The third-order valence-corrected chi connectivity index (χ3v) is 2.47. The second kappa shape index (κ2) is 4.87. The molecule has 4 heteroatoms. The van der Waals surface area contributed by atoms with Crippen LogP contribution in [0.3, 0.4) is 0 Å². The lowest BCUT2D eigenvalue weighted by Crippen LogP contribution is -2.20. The van der Waals surface area contributed by atoms with E-state index in [1.165, 1.54) is 13.0 Å².